The number of sulfonamides is 1. The topological polar surface area (TPSA) is 86.3 Å². The van der Waals surface area contributed by atoms with Gasteiger partial charge in [0.15, 0.2) is 5.16 Å². The number of nitrogens with zero attached hydrogens (tertiary/aromatic N) is 1. The van der Waals surface area contributed by atoms with Gasteiger partial charge in [0.25, 0.3) is 0 Å². The maximum Gasteiger partial charge on any atom is 0.343 e. The smallest absolute Gasteiger partial charge is 0.217 e. The highest BCUT2D eigenvalue weighted by Crippen LogP contribution is 2.14. The van der Waals surface area contributed by atoms with Gasteiger partial charge in [-0.3, -0.25) is 0 Å². The van der Waals surface area contributed by atoms with E-state index in [1.807, 2.05) is 13.8 Å². The van der Waals surface area contributed by atoms with E-state index >= 15 is 0 Å². The molecule has 0 aliphatic heterocycles. The minimum absolute atomic E-state index is 0.0378. The lowest BCUT2D eigenvalue weighted by Crippen LogP contribution is -2.26. The van der Waals surface area contributed by atoms with Crippen LogP contribution in [0, 0.1) is 20.8 Å². The molecular weight excluding hydrogens is 266 g/mol. The molecule has 0 radical (unpaired) electrons. The van der Waals surface area contributed by atoms with Crippen LogP contribution in [0.4, 0.5) is 0 Å². The van der Waals surface area contributed by atoms with Crippen molar-refractivity contribution in [1.82, 2.24) is 9.88 Å². The lowest BCUT2D eigenvalue weighted by atomic mass is 10.1. The molecule has 0 fully saturated rings. The number of aromatic amines is 1. The van der Waals surface area contributed by atoms with Crippen molar-refractivity contribution in [3.63, 3.8) is 0 Å². The van der Waals surface area contributed by atoms with E-state index < -0.39 is 10.0 Å². The van der Waals surface area contributed by atoms with E-state index in [-0.39, 0.29) is 11.4 Å². The highest BCUT2D eigenvalue weighted by Gasteiger charge is 2.18. The van der Waals surface area contributed by atoms with Gasteiger partial charge in [0.05, 0.1) is 4.90 Å². The van der Waals surface area contributed by atoms with Crippen molar-refractivity contribution >= 4 is 10.0 Å². The van der Waals surface area contributed by atoms with Crippen LogP contribution in [0.5, 0.6) is 0 Å². The van der Waals surface area contributed by atoms with Crippen molar-refractivity contribution < 1.29 is 17.9 Å². The third kappa shape index (κ3) is 3.18. The molecule has 1 heterocycles. The molecule has 6 nitrogen and oxygen atoms in total. The number of aromatic nitrogens is 2. The Kier molecular flexibility index (Phi) is 3.68. The molecule has 0 aliphatic rings. The highest BCUT2D eigenvalue weighted by atomic mass is 32.2. The number of H-pyrrole nitrogens is 1. The summed E-state index contributed by atoms with van der Waals surface area (Å²) in [5.41, 5.74) is 1.99. The van der Waals surface area contributed by atoms with Crippen LogP contribution in [-0.4, -0.2) is 13.6 Å². The second-order valence-corrected chi connectivity index (χ2v) is 6.15. The predicted molar refractivity (Wildman–Crippen MR) is 67.7 cm³/mol. The first-order valence-corrected chi connectivity index (χ1v) is 7.28. The second kappa shape index (κ2) is 5.10. The summed E-state index contributed by atoms with van der Waals surface area (Å²) in [5.74, 6) is 0.963. The van der Waals surface area contributed by atoms with Gasteiger partial charge in [0.2, 0.25) is 10.0 Å². The predicted octanol–water partition coefficient (Wildman–Crippen LogP) is 0.892. The quantitative estimate of drug-likeness (QED) is 0.902. The molecule has 7 heteroatoms. The Morgan fingerprint density at radius 3 is 2.58 bits per heavy atom. The van der Waals surface area contributed by atoms with Gasteiger partial charge in [-0.15, -0.1) is 0 Å². The highest BCUT2D eigenvalue weighted by molar-refractivity contribution is 7.89. The van der Waals surface area contributed by atoms with Gasteiger partial charge >= 0.3 is 11.7 Å². The number of hydrogen-bond donors (Lipinski definition) is 1. The van der Waals surface area contributed by atoms with Crippen molar-refractivity contribution in [3.8, 4) is 0 Å². The number of nitrogens with one attached hydrogen (secondary N) is 2. The number of hydrogen-bond acceptors (Lipinski definition) is 4. The number of aryl methyl sites for hydroxylation is 3. The van der Waals surface area contributed by atoms with E-state index in [0.29, 0.717) is 11.7 Å². The van der Waals surface area contributed by atoms with Crippen LogP contribution < -0.4 is 9.71 Å². The first-order chi connectivity index (χ1) is 8.88. The van der Waals surface area contributed by atoms with Crippen molar-refractivity contribution in [2.75, 3.05) is 0 Å². The summed E-state index contributed by atoms with van der Waals surface area (Å²) >= 11 is 0. The summed E-state index contributed by atoms with van der Waals surface area (Å²) in [6.45, 7) is 5.58. The van der Waals surface area contributed by atoms with Crippen molar-refractivity contribution in [2.24, 2.45) is 0 Å². The molecule has 0 bridgehead atoms. The monoisotopic (exact) mass is 282 g/mol. The molecule has 102 valence electrons. The molecular formula is C12H16N3O3S+. The van der Waals surface area contributed by atoms with Gasteiger partial charge in [-0.05, 0) is 37.1 Å². The second-order valence-electron chi connectivity index (χ2n) is 4.39. The fourth-order valence-corrected chi connectivity index (χ4v) is 2.64. The Labute approximate surface area is 111 Å². The maximum atomic E-state index is 12.1. The molecule has 1 aromatic carbocycles. The average Bonchev–Trinajstić information content (AvgIpc) is 2.76. The summed E-state index contributed by atoms with van der Waals surface area (Å²) in [4.78, 5) is 3.06. The minimum atomic E-state index is -3.55. The summed E-state index contributed by atoms with van der Waals surface area (Å²) in [7, 11) is -3.55. The maximum absolute atomic E-state index is 12.1. The zero-order chi connectivity index (χ0) is 14.0. The van der Waals surface area contributed by atoms with Crippen LogP contribution in [0.25, 0.3) is 0 Å². The molecule has 1 aromatic heterocycles. The molecule has 0 aliphatic carbocycles. The van der Waals surface area contributed by atoms with E-state index in [4.69, 9.17) is 4.52 Å². The van der Waals surface area contributed by atoms with Gasteiger partial charge in [-0.1, -0.05) is 6.07 Å². The van der Waals surface area contributed by atoms with Crippen LogP contribution in [0.1, 0.15) is 22.8 Å². The lowest BCUT2D eigenvalue weighted by Gasteiger charge is -2.06. The Hall–Kier alpha value is -1.73. The van der Waals surface area contributed by atoms with Crippen LogP contribution in [0.3, 0.4) is 0 Å². The van der Waals surface area contributed by atoms with Gasteiger partial charge in [0, 0.05) is 6.92 Å². The molecule has 19 heavy (non-hydrogen) atoms. The van der Waals surface area contributed by atoms with Gasteiger partial charge < -0.3 is 0 Å². The molecule has 0 amide bonds. The summed E-state index contributed by atoms with van der Waals surface area (Å²) in [6.07, 6.45) is 0. The van der Waals surface area contributed by atoms with Crippen molar-refractivity contribution in [1.29, 1.82) is 0 Å². The third-order valence-electron chi connectivity index (χ3n) is 2.82. The normalized spacial score (nSPS) is 11.7. The van der Waals surface area contributed by atoms with E-state index in [0.717, 1.165) is 11.1 Å². The Bertz CT molecular complexity index is 692. The SMILES string of the molecule is Cc1noc(CNS(=O)(=O)c2ccc(C)c(C)c2)[nH+]1. The molecule has 0 unspecified atom stereocenters. The summed E-state index contributed by atoms with van der Waals surface area (Å²) in [6, 6.07) is 5.02. The molecule has 0 saturated carbocycles. The lowest BCUT2D eigenvalue weighted by molar-refractivity contribution is -0.406. The molecule has 0 atom stereocenters. The fourth-order valence-electron chi connectivity index (χ4n) is 1.57. The van der Waals surface area contributed by atoms with Gasteiger partial charge in [0.1, 0.15) is 6.54 Å². The fraction of sp³-hybridized carbons (Fsp3) is 0.333. The zero-order valence-corrected chi connectivity index (χ0v) is 11.8. The zero-order valence-electron chi connectivity index (χ0n) is 11.0. The summed E-state index contributed by atoms with van der Waals surface area (Å²) in [5, 5.41) is 3.65. The Balaban J connectivity index is 2.16. The largest absolute Gasteiger partial charge is 0.343 e. The number of benzene rings is 1. The van der Waals surface area contributed by atoms with Crippen LogP contribution in [0.15, 0.2) is 27.6 Å². The van der Waals surface area contributed by atoms with Crippen LogP contribution in [-0.2, 0) is 16.6 Å². The van der Waals surface area contributed by atoms with Crippen LogP contribution in [0.2, 0.25) is 0 Å². The first-order valence-electron chi connectivity index (χ1n) is 5.80. The standard InChI is InChI=1S/C12H15N3O3S/c1-8-4-5-11(6-9(8)2)19(16,17)13-7-12-14-10(3)15-18-12/h4-6,13H,7H2,1-3H3/p+1. The van der Waals surface area contributed by atoms with E-state index in [1.54, 1.807) is 25.1 Å². The molecule has 0 spiro atoms. The van der Waals surface area contributed by atoms with E-state index in [9.17, 15) is 8.42 Å². The van der Waals surface area contributed by atoms with Crippen molar-refractivity contribution in [2.45, 2.75) is 32.2 Å². The number of rotatable bonds is 4. The minimum Gasteiger partial charge on any atom is -0.217 e. The molecule has 0 saturated heterocycles. The van der Waals surface area contributed by atoms with E-state index in [1.165, 1.54) is 0 Å². The first kappa shape index (κ1) is 13.7. The van der Waals surface area contributed by atoms with Gasteiger partial charge in [-0.2, -0.15) is 4.72 Å². The third-order valence-corrected chi connectivity index (χ3v) is 4.22. The van der Waals surface area contributed by atoms with Gasteiger partial charge in [-0.25, -0.2) is 17.9 Å². The van der Waals surface area contributed by atoms with Crippen LogP contribution >= 0.6 is 0 Å². The average molecular weight is 282 g/mol. The van der Waals surface area contributed by atoms with Crippen molar-refractivity contribution in [3.05, 3.63) is 41.0 Å². The summed E-state index contributed by atoms with van der Waals surface area (Å²) < 4.78 is 31.5. The molecule has 2 rings (SSSR count). The molecule has 2 aromatic rings. The molecule has 2 N–H and O–H groups in total. The van der Waals surface area contributed by atoms with E-state index in [2.05, 4.69) is 14.9 Å². The Morgan fingerprint density at radius 2 is 2.00 bits per heavy atom. The Morgan fingerprint density at radius 1 is 1.26 bits per heavy atom.